The number of aliphatic hydroxyl groups excluding tert-OH is 2. The van der Waals surface area contributed by atoms with Crippen LogP contribution in [-0.2, 0) is 42.9 Å². The smallest absolute Gasteiger partial charge is 0.335 e. The van der Waals surface area contributed by atoms with Gasteiger partial charge in [0.05, 0.1) is 6.61 Å². The Morgan fingerprint density at radius 3 is 1.21 bits per heavy atom. The molecule has 0 bridgehead atoms. The summed E-state index contributed by atoms with van der Waals surface area (Å²) >= 11 is 0. The lowest BCUT2D eigenvalue weighted by atomic mass is 9.98. The summed E-state index contributed by atoms with van der Waals surface area (Å²) in [6.45, 7) is 6.00. The first kappa shape index (κ1) is 72.0. The lowest BCUT2D eigenvalue weighted by molar-refractivity contribution is -0.301. The maximum Gasteiger partial charge on any atom is 0.335 e. The van der Waals surface area contributed by atoms with Crippen molar-refractivity contribution >= 4 is 23.9 Å². The highest BCUT2D eigenvalue weighted by atomic mass is 16.7. The first-order valence-corrected chi connectivity index (χ1v) is 32.0. The van der Waals surface area contributed by atoms with Crippen LogP contribution in [0.2, 0.25) is 0 Å². The van der Waals surface area contributed by atoms with Crippen molar-refractivity contribution in [3.8, 4) is 0 Å². The largest absolute Gasteiger partial charge is 0.479 e. The minimum absolute atomic E-state index is 0.0496. The summed E-state index contributed by atoms with van der Waals surface area (Å²) in [6.07, 6.45) is 51.0. The second-order valence-corrected chi connectivity index (χ2v) is 22.1. The molecule has 0 aliphatic carbocycles. The summed E-state index contributed by atoms with van der Waals surface area (Å²) < 4.78 is 28.5. The normalized spacial score (nSPS) is 18.2. The van der Waals surface area contributed by atoms with Crippen molar-refractivity contribution in [2.75, 3.05) is 13.2 Å². The van der Waals surface area contributed by atoms with E-state index in [1.807, 2.05) is 0 Å². The Labute approximate surface area is 470 Å². The molecule has 1 aliphatic heterocycles. The van der Waals surface area contributed by atoms with Gasteiger partial charge in [0.15, 0.2) is 24.6 Å². The molecule has 1 aliphatic rings. The molecule has 1 heterocycles. The van der Waals surface area contributed by atoms with E-state index in [9.17, 15) is 34.5 Å². The molecule has 0 aromatic heterocycles. The molecular formula is C65H116O12. The third kappa shape index (κ3) is 43.4. The maximum atomic E-state index is 13.2. The van der Waals surface area contributed by atoms with Gasteiger partial charge in [0, 0.05) is 19.3 Å². The second kappa shape index (κ2) is 53.6. The Morgan fingerprint density at radius 1 is 0.429 bits per heavy atom. The van der Waals surface area contributed by atoms with E-state index in [0.717, 1.165) is 89.9 Å². The third-order valence-electron chi connectivity index (χ3n) is 14.7. The molecule has 0 radical (unpaired) electrons. The van der Waals surface area contributed by atoms with Crippen LogP contribution < -0.4 is 0 Å². The van der Waals surface area contributed by atoms with Gasteiger partial charge in [-0.25, -0.2) is 4.79 Å². The summed E-state index contributed by atoms with van der Waals surface area (Å²) in [5, 5.41) is 31.5. The average molecular weight is 1090 g/mol. The number of carbonyl (C=O) groups excluding carboxylic acids is 3. The monoisotopic (exact) mass is 1090 g/mol. The fourth-order valence-electron chi connectivity index (χ4n) is 9.79. The van der Waals surface area contributed by atoms with Crippen molar-refractivity contribution < 1.29 is 58.2 Å². The SMILES string of the molecule is CCCCC/C=C\C/C=C\C/C=C\CCCCCCCCC(=O)OC1C(OCC(COC(=O)CCCCCCCCCCCCCCCCC)OC(=O)CCCCCCCCCCCCCCC)OC(C(=O)O)C(O)C1O. The summed E-state index contributed by atoms with van der Waals surface area (Å²) in [5.74, 6) is -3.10. The molecule has 3 N–H and O–H groups in total. The van der Waals surface area contributed by atoms with Crippen molar-refractivity contribution in [1.29, 1.82) is 0 Å². The van der Waals surface area contributed by atoms with Crippen LogP contribution in [0.5, 0.6) is 0 Å². The van der Waals surface area contributed by atoms with Crippen LogP contribution in [0, 0.1) is 0 Å². The number of hydrogen-bond acceptors (Lipinski definition) is 11. The number of carboxylic acids is 1. The lowest BCUT2D eigenvalue weighted by Crippen LogP contribution is -2.61. The second-order valence-electron chi connectivity index (χ2n) is 22.1. The number of carboxylic acid groups (broad SMARTS) is 1. The van der Waals surface area contributed by atoms with Gasteiger partial charge in [-0.1, -0.05) is 263 Å². The Morgan fingerprint density at radius 2 is 0.779 bits per heavy atom. The zero-order valence-corrected chi connectivity index (χ0v) is 49.5. The number of unbranched alkanes of at least 4 members (excludes halogenated alkanes) is 35. The van der Waals surface area contributed by atoms with Crippen molar-refractivity contribution in [2.24, 2.45) is 0 Å². The van der Waals surface area contributed by atoms with Gasteiger partial charge in [-0.2, -0.15) is 0 Å². The van der Waals surface area contributed by atoms with E-state index in [1.54, 1.807) is 0 Å². The summed E-state index contributed by atoms with van der Waals surface area (Å²) in [5.41, 5.74) is 0. The minimum atomic E-state index is -1.90. The minimum Gasteiger partial charge on any atom is -0.479 e. The fourth-order valence-corrected chi connectivity index (χ4v) is 9.79. The lowest BCUT2D eigenvalue weighted by Gasteiger charge is -2.40. The Bertz CT molecular complexity index is 1480. The molecule has 1 saturated heterocycles. The molecule has 0 aromatic rings. The zero-order valence-electron chi connectivity index (χ0n) is 49.5. The van der Waals surface area contributed by atoms with E-state index in [1.165, 1.54) is 154 Å². The Kier molecular flexibility index (Phi) is 50.1. The highest BCUT2D eigenvalue weighted by Crippen LogP contribution is 2.27. The van der Waals surface area contributed by atoms with Crippen LogP contribution in [0.25, 0.3) is 0 Å². The molecule has 12 nitrogen and oxygen atoms in total. The van der Waals surface area contributed by atoms with E-state index < -0.39 is 67.3 Å². The zero-order chi connectivity index (χ0) is 56.1. The van der Waals surface area contributed by atoms with Crippen LogP contribution in [-0.4, -0.2) is 89.2 Å². The summed E-state index contributed by atoms with van der Waals surface area (Å²) in [7, 11) is 0. The Balaban J connectivity index is 2.65. The molecular weight excluding hydrogens is 973 g/mol. The van der Waals surface area contributed by atoms with E-state index in [-0.39, 0.29) is 25.9 Å². The number of aliphatic hydroxyl groups is 2. The van der Waals surface area contributed by atoms with Crippen LogP contribution in [0.4, 0.5) is 0 Å². The van der Waals surface area contributed by atoms with E-state index >= 15 is 0 Å². The quantitative estimate of drug-likeness (QED) is 0.0228. The topological polar surface area (TPSA) is 175 Å². The third-order valence-corrected chi connectivity index (χ3v) is 14.7. The van der Waals surface area contributed by atoms with Gasteiger partial charge >= 0.3 is 23.9 Å². The maximum absolute atomic E-state index is 13.2. The number of carbonyl (C=O) groups is 4. The van der Waals surface area contributed by atoms with Crippen LogP contribution in [0.15, 0.2) is 36.5 Å². The molecule has 0 aromatic carbocycles. The molecule has 1 rings (SSSR count). The Hall–Kier alpha value is -3.06. The molecule has 6 atom stereocenters. The highest BCUT2D eigenvalue weighted by molar-refractivity contribution is 5.74. The van der Waals surface area contributed by atoms with Gasteiger partial charge in [0.2, 0.25) is 0 Å². The molecule has 0 amide bonds. The van der Waals surface area contributed by atoms with Gasteiger partial charge in [0.1, 0.15) is 18.8 Å². The van der Waals surface area contributed by atoms with E-state index in [4.69, 9.17) is 23.7 Å². The predicted octanol–water partition coefficient (Wildman–Crippen LogP) is 16.8. The van der Waals surface area contributed by atoms with E-state index in [0.29, 0.717) is 19.3 Å². The van der Waals surface area contributed by atoms with Crippen molar-refractivity contribution in [3.63, 3.8) is 0 Å². The van der Waals surface area contributed by atoms with Gasteiger partial charge in [0.25, 0.3) is 0 Å². The first-order valence-electron chi connectivity index (χ1n) is 32.0. The molecule has 6 unspecified atom stereocenters. The number of hydrogen-bond donors (Lipinski definition) is 3. The predicted molar refractivity (Wildman–Crippen MR) is 313 cm³/mol. The average Bonchev–Trinajstić information content (AvgIpc) is 3.42. The number of allylic oxidation sites excluding steroid dienone is 6. The van der Waals surface area contributed by atoms with Crippen molar-refractivity contribution in [2.45, 2.75) is 340 Å². The van der Waals surface area contributed by atoms with E-state index in [2.05, 4.69) is 57.2 Å². The number of aliphatic carboxylic acids is 1. The number of ether oxygens (including phenoxy) is 5. The molecule has 0 saturated carbocycles. The molecule has 77 heavy (non-hydrogen) atoms. The molecule has 12 heteroatoms. The van der Waals surface area contributed by atoms with Crippen LogP contribution in [0.1, 0.15) is 303 Å². The van der Waals surface area contributed by atoms with Crippen molar-refractivity contribution in [1.82, 2.24) is 0 Å². The van der Waals surface area contributed by atoms with Crippen LogP contribution in [0.3, 0.4) is 0 Å². The van der Waals surface area contributed by atoms with Gasteiger partial charge in [-0.05, 0) is 57.8 Å². The number of rotatable bonds is 55. The summed E-state index contributed by atoms with van der Waals surface area (Å²) in [6, 6.07) is 0. The van der Waals surface area contributed by atoms with Crippen molar-refractivity contribution in [3.05, 3.63) is 36.5 Å². The molecule has 0 spiro atoms. The molecule has 448 valence electrons. The van der Waals surface area contributed by atoms with Crippen LogP contribution >= 0.6 is 0 Å². The first-order chi connectivity index (χ1) is 37.6. The fraction of sp³-hybridized carbons (Fsp3) is 0.846. The van der Waals surface area contributed by atoms with Gasteiger partial charge in [-0.15, -0.1) is 0 Å². The summed E-state index contributed by atoms with van der Waals surface area (Å²) in [4.78, 5) is 51.2. The van der Waals surface area contributed by atoms with Gasteiger partial charge in [-0.3, -0.25) is 14.4 Å². The highest BCUT2D eigenvalue weighted by Gasteiger charge is 2.50. The van der Waals surface area contributed by atoms with Gasteiger partial charge < -0.3 is 39.0 Å². The molecule has 1 fully saturated rings. The standard InChI is InChI=1S/C65H116O12/c1-4-7-10-13-16-19-22-25-27-28-29-30-32-35-38-41-44-47-50-53-59(68)76-63-61(70)60(69)62(64(71)72)77-65(63)74-55-56(75-58(67)52-49-46-43-40-37-33-24-21-18-15-12-9-6-3)54-73-57(66)51-48-45-42-39-36-34-31-26-23-20-17-14-11-8-5-2/h16,19,25,27,29-30,56,60-63,65,69-70H,4-15,17-18,20-24,26,28,31-55H2,1-3H3,(H,71,72)/b19-16-,27-25-,30-29-. The number of esters is 3.